The fourth-order valence-electron chi connectivity index (χ4n) is 3.69. The van der Waals surface area contributed by atoms with Gasteiger partial charge in [0.25, 0.3) is 0 Å². The molecule has 0 spiro atoms. The van der Waals surface area contributed by atoms with Gasteiger partial charge in [-0.3, -0.25) is 4.98 Å². The molecule has 0 aliphatic heterocycles. The second-order valence-electron chi connectivity index (χ2n) is 7.33. The highest BCUT2D eigenvalue weighted by molar-refractivity contribution is 5.86. The molecule has 1 atom stereocenters. The van der Waals surface area contributed by atoms with Crippen LogP contribution in [0.4, 0.5) is 10.1 Å². The predicted molar refractivity (Wildman–Crippen MR) is 120 cm³/mol. The molecule has 150 valence electrons. The number of aryl methyl sites for hydroxylation is 3. The van der Waals surface area contributed by atoms with E-state index in [0.717, 1.165) is 29.0 Å². The summed E-state index contributed by atoms with van der Waals surface area (Å²) in [5.74, 6) is -0.239. The number of H-pyrrole nitrogens is 1. The summed E-state index contributed by atoms with van der Waals surface area (Å²) in [5, 5.41) is 4.76. The van der Waals surface area contributed by atoms with Gasteiger partial charge in [-0.2, -0.15) is 0 Å². The van der Waals surface area contributed by atoms with Crippen molar-refractivity contribution in [2.45, 2.75) is 33.2 Å². The molecule has 2 aromatic carbocycles. The molecule has 2 heterocycles. The van der Waals surface area contributed by atoms with Gasteiger partial charge < -0.3 is 10.3 Å². The van der Waals surface area contributed by atoms with Gasteiger partial charge in [0.05, 0.1) is 17.3 Å². The molecule has 0 aliphatic carbocycles. The third-order valence-corrected chi connectivity index (χ3v) is 5.46. The topological polar surface area (TPSA) is 40.7 Å². The van der Waals surface area contributed by atoms with Crippen LogP contribution in [0.25, 0.3) is 10.9 Å². The van der Waals surface area contributed by atoms with Crippen molar-refractivity contribution in [3.8, 4) is 0 Å². The third-order valence-electron chi connectivity index (χ3n) is 5.46. The number of anilines is 1. The van der Waals surface area contributed by atoms with Crippen LogP contribution in [0.15, 0.2) is 60.8 Å². The molecule has 2 aromatic heterocycles. The highest BCUT2D eigenvalue weighted by Gasteiger charge is 2.20. The number of nitrogens with one attached hydrogen (secondary N) is 2. The summed E-state index contributed by atoms with van der Waals surface area (Å²) in [6.07, 6.45) is 2.66. The molecule has 0 saturated heterocycles. The minimum Gasteiger partial charge on any atom is -0.376 e. The maximum atomic E-state index is 13.4. The standard InChI is InChI=1S/C24H24FN3.ClH/c1-15-6-4-5-7-18(15)14-22(28-20-10-8-19(25)9-11-20)24-23-21(12-13-26-24)16(2)17(3)27-23;/h4-13,22,27-28H,14H2,1-3H3;1H. The van der Waals surface area contributed by atoms with Gasteiger partial charge in [0.1, 0.15) is 5.82 Å². The van der Waals surface area contributed by atoms with Crippen LogP contribution >= 0.6 is 12.4 Å². The van der Waals surface area contributed by atoms with Crippen molar-refractivity contribution >= 4 is 29.0 Å². The van der Waals surface area contributed by atoms with E-state index in [1.165, 1.54) is 34.2 Å². The van der Waals surface area contributed by atoms with Crippen LogP contribution in [0.2, 0.25) is 0 Å². The lowest BCUT2D eigenvalue weighted by atomic mass is 9.97. The first kappa shape index (κ1) is 20.9. The lowest BCUT2D eigenvalue weighted by Gasteiger charge is -2.21. The van der Waals surface area contributed by atoms with Gasteiger partial charge in [0.15, 0.2) is 0 Å². The van der Waals surface area contributed by atoms with E-state index in [0.29, 0.717) is 0 Å². The number of fused-ring (bicyclic) bond motifs is 1. The molecule has 4 aromatic rings. The number of nitrogens with zero attached hydrogens (tertiary/aromatic N) is 1. The molecule has 4 rings (SSSR count). The van der Waals surface area contributed by atoms with Gasteiger partial charge in [-0.15, -0.1) is 12.4 Å². The molecule has 3 nitrogen and oxygen atoms in total. The number of halogens is 2. The lowest BCUT2D eigenvalue weighted by molar-refractivity contribution is 0.627. The molecule has 1 unspecified atom stereocenters. The fraction of sp³-hybridized carbons (Fsp3) is 0.208. The van der Waals surface area contributed by atoms with Gasteiger partial charge in [-0.05, 0) is 74.2 Å². The van der Waals surface area contributed by atoms with E-state index < -0.39 is 0 Å². The van der Waals surface area contributed by atoms with Crippen molar-refractivity contribution in [2.75, 3.05) is 5.32 Å². The van der Waals surface area contributed by atoms with Gasteiger partial charge >= 0.3 is 0 Å². The summed E-state index contributed by atoms with van der Waals surface area (Å²) in [7, 11) is 0. The van der Waals surface area contributed by atoms with Crippen LogP contribution in [0, 0.1) is 26.6 Å². The molecule has 0 bridgehead atoms. The summed E-state index contributed by atoms with van der Waals surface area (Å²) in [6, 6.07) is 16.9. The zero-order valence-electron chi connectivity index (χ0n) is 16.8. The van der Waals surface area contributed by atoms with Gasteiger partial charge in [0.2, 0.25) is 0 Å². The summed E-state index contributed by atoms with van der Waals surface area (Å²) < 4.78 is 13.4. The van der Waals surface area contributed by atoms with Crippen LogP contribution in [-0.2, 0) is 6.42 Å². The number of pyridine rings is 1. The zero-order valence-corrected chi connectivity index (χ0v) is 17.6. The van der Waals surface area contributed by atoms with Crippen LogP contribution < -0.4 is 5.32 Å². The quantitative estimate of drug-likeness (QED) is 0.398. The van der Waals surface area contributed by atoms with Crippen molar-refractivity contribution in [1.29, 1.82) is 0 Å². The first-order chi connectivity index (χ1) is 13.5. The minimum atomic E-state index is -0.239. The Balaban J connectivity index is 0.00000240. The minimum absolute atomic E-state index is 0. The van der Waals surface area contributed by atoms with E-state index in [1.54, 1.807) is 12.1 Å². The first-order valence-corrected chi connectivity index (χ1v) is 9.53. The van der Waals surface area contributed by atoms with Gasteiger partial charge in [0, 0.05) is 23.0 Å². The smallest absolute Gasteiger partial charge is 0.123 e. The molecule has 0 amide bonds. The van der Waals surface area contributed by atoms with E-state index in [9.17, 15) is 4.39 Å². The lowest BCUT2D eigenvalue weighted by Crippen LogP contribution is -2.16. The molecular formula is C24H25ClFN3. The maximum Gasteiger partial charge on any atom is 0.123 e. The Labute approximate surface area is 176 Å². The van der Waals surface area contributed by atoms with Crippen LogP contribution in [-0.4, -0.2) is 9.97 Å². The van der Waals surface area contributed by atoms with Crippen LogP contribution in [0.1, 0.15) is 34.1 Å². The third kappa shape index (κ3) is 4.28. The Kier molecular flexibility index (Phi) is 6.23. The number of rotatable bonds is 5. The number of hydrogen-bond donors (Lipinski definition) is 2. The number of aromatic amines is 1. The van der Waals surface area contributed by atoms with Crippen LogP contribution in [0.3, 0.4) is 0 Å². The molecular weight excluding hydrogens is 385 g/mol. The van der Waals surface area contributed by atoms with Crippen molar-refractivity contribution in [1.82, 2.24) is 9.97 Å². The molecule has 0 aliphatic rings. The summed E-state index contributed by atoms with van der Waals surface area (Å²) in [5.41, 5.74) is 7.82. The first-order valence-electron chi connectivity index (χ1n) is 9.53. The van der Waals surface area contributed by atoms with E-state index >= 15 is 0 Å². The average Bonchev–Trinajstić information content (AvgIpc) is 2.99. The fourth-order valence-corrected chi connectivity index (χ4v) is 3.69. The molecule has 0 radical (unpaired) electrons. The summed E-state index contributed by atoms with van der Waals surface area (Å²) in [4.78, 5) is 8.24. The Morgan fingerprint density at radius 1 is 1.00 bits per heavy atom. The molecule has 2 N–H and O–H groups in total. The van der Waals surface area contributed by atoms with Crippen molar-refractivity contribution in [2.24, 2.45) is 0 Å². The highest BCUT2D eigenvalue weighted by atomic mass is 35.5. The highest BCUT2D eigenvalue weighted by Crippen LogP contribution is 2.31. The van der Waals surface area contributed by atoms with Gasteiger partial charge in [-0.25, -0.2) is 4.39 Å². The average molecular weight is 410 g/mol. The van der Waals surface area contributed by atoms with Crippen molar-refractivity contribution in [3.05, 3.63) is 94.7 Å². The normalized spacial score (nSPS) is 11.9. The second-order valence-corrected chi connectivity index (χ2v) is 7.33. The Bertz CT molecular complexity index is 1120. The summed E-state index contributed by atoms with van der Waals surface area (Å²) >= 11 is 0. The molecule has 0 saturated carbocycles. The Morgan fingerprint density at radius 3 is 2.45 bits per heavy atom. The Morgan fingerprint density at radius 2 is 1.72 bits per heavy atom. The number of benzene rings is 2. The van der Waals surface area contributed by atoms with Crippen LogP contribution in [0.5, 0.6) is 0 Å². The van der Waals surface area contributed by atoms with Gasteiger partial charge in [-0.1, -0.05) is 24.3 Å². The predicted octanol–water partition coefficient (Wildman–Crippen LogP) is 6.44. The molecule has 5 heteroatoms. The number of aromatic nitrogens is 2. The van der Waals surface area contributed by atoms with Crippen molar-refractivity contribution in [3.63, 3.8) is 0 Å². The zero-order chi connectivity index (χ0) is 19.7. The van der Waals surface area contributed by atoms with E-state index in [1.807, 2.05) is 6.20 Å². The largest absolute Gasteiger partial charge is 0.376 e. The second kappa shape index (κ2) is 8.66. The molecule has 0 fully saturated rings. The van der Waals surface area contributed by atoms with E-state index in [-0.39, 0.29) is 24.3 Å². The maximum absolute atomic E-state index is 13.4. The van der Waals surface area contributed by atoms with Crippen molar-refractivity contribution < 1.29 is 4.39 Å². The SMILES string of the molecule is Cc1ccccc1CC(Nc1ccc(F)cc1)c1nccc2c(C)c(C)[nH]c12.Cl. The number of hydrogen-bond acceptors (Lipinski definition) is 2. The van der Waals surface area contributed by atoms with E-state index in [2.05, 4.69) is 61.4 Å². The van der Waals surface area contributed by atoms with E-state index in [4.69, 9.17) is 4.98 Å². The summed E-state index contributed by atoms with van der Waals surface area (Å²) in [6.45, 7) is 6.34. The Hall–Kier alpha value is -2.85. The monoisotopic (exact) mass is 409 g/mol. The molecule has 29 heavy (non-hydrogen) atoms.